The van der Waals surface area contributed by atoms with Gasteiger partial charge in [-0.15, -0.1) is 0 Å². The fourth-order valence-corrected chi connectivity index (χ4v) is 4.25. The Morgan fingerprint density at radius 2 is 1.62 bits per heavy atom. The van der Waals surface area contributed by atoms with Crippen molar-refractivity contribution >= 4 is 35.3 Å². The van der Waals surface area contributed by atoms with Gasteiger partial charge in [0.25, 0.3) is 5.91 Å². The van der Waals surface area contributed by atoms with Crippen LogP contribution in [0.4, 0.5) is 10.5 Å². The van der Waals surface area contributed by atoms with E-state index >= 15 is 0 Å². The third kappa shape index (κ3) is 4.89. The summed E-state index contributed by atoms with van der Waals surface area (Å²) in [6, 6.07) is 20.6. The zero-order valence-electron chi connectivity index (χ0n) is 18.5. The number of ether oxygens (including phenoxy) is 1. The van der Waals surface area contributed by atoms with E-state index in [9.17, 15) is 14.4 Å². The van der Waals surface area contributed by atoms with E-state index in [-0.39, 0.29) is 47.7 Å². The van der Waals surface area contributed by atoms with Gasteiger partial charge in [-0.05, 0) is 40.5 Å². The molecule has 1 aliphatic carbocycles. The van der Waals surface area contributed by atoms with E-state index in [2.05, 4.69) is 17.4 Å². The van der Waals surface area contributed by atoms with Crippen LogP contribution in [-0.2, 0) is 9.53 Å². The number of carboxylic acids is 1. The first-order valence-electron chi connectivity index (χ1n) is 10.7. The van der Waals surface area contributed by atoms with Crippen molar-refractivity contribution in [1.82, 2.24) is 4.90 Å². The lowest BCUT2D eigenvalue weighted by molar-refractivity contribution is -0.137. The highest BCUT2D eigenvalue weighted by Crippen LogP contribution is 2.44. The molecule has 7 nitrogen and oxygen atoms in total. The average molecular weight is 479 g/mol. The minimum absolute atomic E-state index is 0.0614. The topological polar surface area (TPSA) is 95.9 Å². The number of nitrogens with zero attached hydrogens (tertiary/aromatic N) is 1. The molecule has 3 aromatic carbocycles. The number of nitrogens with one attached hydrogen (secondary N) is 1. The first-order chi connectivity index (χ1) is 16.3. The zero-order chi connectivity index (χ0) is 24.2. The normalized spacial score (nSPS) is 11.9. The lowest BCUT2D eigenvalue weighted by Crippen LogP contribution is -2.29. The number of fused-ring (bicyclic) bond motifs is 3. The molecule has 34 heavy (non-hydrogen) atoms. The van der Waals surface area contributed by atoms with Crippen molar-refractivity contribution in [1.29, 1.82) is 0 Å². The number of carboxylic acid groups (broad SMARTS) is 1. The van der Waals surface area contributed by atoms with Crippen LogP contribution in [0.15, 0.2) is 66.7 Å². The van der Waals surface area contributed by atoms with Crippen LogP contribution in [0.2, 0.25) is 5.02 Å². The van der Waals surface area contributed by atoms with Crippen LogP contribution >= 0.6 is 11.6 Å². The molecule has 0 unspecified atom stereocenters. The summed E-state index contributed by atoms with van der Waals surface area (Å²) in [4.78, 5) is 37.2. The van der Waals surface area contributed by atoms with Gasteiger partial charge < -0.3 is 14.7 Å². The van der Waals surface area contributed by atoms with Crippen LogP contribution in [-0.4, -0.2) is 48.2 Å². The summed E-state index contributed by atoms with van der Waals surface area (Å²) in [6.45, 7) is 0.208. The fraction of sp³-hybridized carbons (Fsp3) is 0.192. The number of aliphatic carboxylic acids is 1. The number of benzene rings is 3. The molecule has 0 bridgehead atoms. The summed E-state index contributed by atoms with van der Waals surface area (Å²) in [7, 11) is 1.51. The van der Waals surface area contributed by atoms with Gasteiger partial charge in [0.05, 0.1) is 17.1 Å². The number of halogens is 1. The lowest BCUT2D eigenvalue weighted by atomic mass is 9.98. The second-order valence-electron chi connectivity index (χ2n) is 8.02. The highest BCUT2D eigenvalue weighted by atomic mass is 35.5. The third-order valence-electron chi connectivity index (χ3n) is 5.80. The number of hydrogen-bond donors (Lipinski definition) is 2. The maximum Gasteiger partial charge on any atom is 0.411 e. The Morgan fingerprint density at radius 3 is 2.24 bits per heavy atom. The average Bonchev–Trinajstić information content (AvgIpc) is 3.16. The van der Waals surface area contributed by atoms with Crippen LogP contribution in [0.3, 0.4) is 0 Å². The maximum absolute atomic E-state index is 12.6. The molecule has 174 valence electrons. The van der Waals surface area contributed by atoms with E-state index in [4.69, 9.17) is 21.4 Å². The van der Waals surface area contributed by atoms with Crippen molar-refractivity contribution in [3.8, 4) is 11.1 Å². The van der Waals surface area contributed by atoms with E-state index < -0.39 is 12.1 Å². The quantitative estimate of drug-likeness (QED) is 0.483. The summed E-state index contributed by atoms with van der Waals surface area (Å²) in [5.41, 5.74) is 4.97. The van der Waals surface area contributed by atoms with Crippen LogP contribution in [0.5, 0.6) is 0 Å². The molecule has 4 rings (SSSR count). The molecule has 2 N–H and O–H groups in total. The van der Waals surface area contributed by atoms with Gasteiger partial charge in [-0.1, -0.05) is 60.1 Å². The molecule has 1 aliphatic rings. The SMILES string of the molecule is CN(CCC(=O)O)C(=O)c1ccc(Cl)c(NC(=O)OCC2c3ccccc3-c3ccccc32)c1. The van der Waals surface area contributed by atoms with Crippen LogP contribution in [0, 0.1) is 0 Å². The van der Waals surface area contributed by atoms with Gasteiger partial charge >= 0.3 is 12.1 Å². The second-order valence-corrected chi connectivity index (χ2v) is 8.42. The largest absolute Gasteiger partial charge is 0.481 e. The van der Waals surface area contributed by atoms with E-state index in [0.29, 0.717) is 0 Å². The summed E-state index contributed by atoms with van der Waals surface area (Å²) in [6.07, 6.45) is -0.853. The monoisotopic (exact) mass is 478 g/mol. The van der Waals surface area contributed by atoms with Crippen LogP contribution in [0.1, 0.15) is 33.8 Å². The van der Waals surface area contributed by atoms with Gasteiger partial charge in [0, 0.05) is 25.1 Å². The smallest absolute Gasteiger partial charge is 0.411 e. The zero-order valence-corrected chi connectivity index (χ0v) is 19.2. The van der Waals surface area contributed by atoms with Gasteiger partial charge in [-0.25, -0.2) is 4.79 Å². The molecule has 0 fully saturated rings. The Labute approximate surface area is 201 Å². The number of anilines is 1. The van der Waals surface area contributed by atoms with Crippen LogP contribution in [0.25, 0.3) is 11.1 Å². The molecule has 0 saturated carbocycles. The van der Waals surface area contributed by atoms with Crippen molar-refractivity contribution in [3.05, 3.63) is 88.4 Å². The standard InChI is InChI=1S/C26H23ClN2O5/c1-29(13-12-24(30)31)25(32)16-10-11-22(27)23(14-16)28-26(33)34-15-21-19-8-4-2-6-17(19)18-7-3-5-9-20(18)21/h2-11,14,21H,12-13,15H2,1H3,(H,28,33)(H,30,31). The van der Waals surface area contributed by atoms with Crippen molar-refractivity contribution in [3.63, 3.8) is 0 Å². The summed E-state index contributed by atoms with van der Waals surface area (Å²) < 4.78 is 5.54. The molecule has 0 radical (unpaired) electrons. The number of rotatable bonds is 7. The Balaban J connectivity index is 1.43. The van der Waals surface area contributed by atoms with E-state index in [1.165, 1.54) is 30.1 Å². The second kappa shape index (κ2) is 9.97. The molecule has 2 amide bonds. The summed E-state index contributed by atoms with van der Waals surface area (Å²) in [5, 5.41) is 11.7. The van der Waals surface area contributed by atoms with Gasteiger partial charge in [-0.2, -0.15) is 0 Å². The number of carbonyl (C=O) groups excluding carboxylic acids is 2. The maximum atomic E-state index is 12.6. The molecule has 0 saturated heterocycles. The van der Waals surface area contributed by atoms with Crippen molar-refractivity contribution in [2.75, 3.05) is 25.5 Å². The number of amides is 2. The lowest BCUT2D eigenvalue weighted by Gasteiger charge is -2.17. The molecule has 0 spiro atoms. The molecule has 3 aromatic rings. The first-order valence-corrected chi connectivity index (χ1v) is 11.1. The van der Waals surface area contributed by atoms with Gasteiger partial charge in [-0.3, -0.25) is 14.9 Å². The Morgan fingerprint density at radius 1 is 1.00 bits per heavy atom. The molecular formula is C26H23ClN2O5. The van der Waals surface area contributed by atoms with Gasteiger partial charge in [0.2, 0.25) is 0 Å². The Hall–Kier alpha value is -3.84. The molecule has 0 aromatic heterocycles. The van der Waals surface area contributed by atoms with Gasteiger partial charge in [0.1, 0.15) is 6.61 Å². The molecular weight excluding hydrogens is 456 g/mol. The highest BCUT2D eigenvalue weighted by Gasteiger charge is 2.29. The number of carbonyl (C=O) groups is 3. The molecule has 8 heteroatoms. The van der Waals surface area contributed by atoms with Crippen LogP contribution < -0.4 is 5.32 Å². The van der Waals surface area contributed by atoms with Crippen molar-refractivity contribution in [2.24, 2.45) is 0 Å². The Kier molecular flexibility index (Phi) is 6.84. The summed E-state index contributed by atoms with van der Waals surface area (Å²) >= 11 is 6.22. The highest BCUT2D eigenvalue weighted by molar-refractivity contribution is 6.33. The minimum atomic E-state index is -0.992. The minimum Gasteiger partial charge on any atom is -0.481 e. The third-order valence-corrected chi connectivity index (χ3v) is 6.13. The predicted molar refractivity (Wildman–Crippen MR) is 129 cm³/mol. The van der Waals surface area contributed by atoms with E-state index in [1.807, 2.05) is 36.4 Å². The van der Waals surface area contributed by atoms with Crippen molar-refractivity contribution < 1.29 is 24.2 Å². The molecule has 0 heterocycles. The Bertz CT molecular complexity index is 1210. The molecule has 0 atom stereocenters. The number of hydrogen-bond acceptors (Lipinski definition) is 4. The summed E-state index contributed by atoms with van der Waals surface area (Å²) in [5.74, 6) is -1.45. The fourth-order valence-electron chi connectivity index (χ4n) is 4.08. The molecule has 0 aliphatic heterocycles. The van der Waals surface area contributed by atoms with E-state index in [0.717, 1.165) is 22.3 Å². The van der Waals surface area contributed by atoms with Gasteiger partial charge in [0.15, 0.2) is 0 Å². The first kappa shape index (κ1) is 23.3. The predicted octanol–water partition coefficient (Wildman–Crippen LogP) is 5.25. The van der Waals surface area contributed by atoms with Crippen molar-refractivity contribution in [2.45, 2.75) is 12.3 Å². The van der Waals surface area contributed by atoms with E-state index in [1.54, 1.807) is 0 Å².